The molecule has 3 rings (SSSR count). The van der Waals surface area contributed by atoms with Crippen LogP contribution in [0.3, 0.4) is 0 Å². The highest BCUT2D eigenvalue weighted by molar-refractivity contribution is 5.94. The van der Waals surface area contributed by atoms with E-state index < -0.39 is 0 Å². The Balaban J connectivity index is 1.50. The van der Waals surface area contributed by atoms with Crippen LogP contribution in [-0.2, 0) is 9.59 Å². The number of para-hydroxylation sites is 1. The SMILES string of the molecule is O=C(CN1CCN(C(=O)Nc2ccccc2)CC1=O)N1CCCC1. The summed E-state index contributed by atoms with van der Waals surface area (Å²) < 4.78 is 0. The largest absolute Gasteiger partial charge is 0.341 e. The van der Waals surface area contributed by atoms with E-state index >= 15 is 0 Å². The molecule has 2 heterocycles. The molecule has 4 amide bonds. The Kier molecular flexibility index (Phi) is 4.98. The molecule has 7 heteroatoms. The first-order valence-corrected chi connectivity index (χ1v) is 8.30. The van der Waals surface area contributed by atoms with Gasteiger partial charge in [0.2, 0.25) is 11.8 Å². The highest BCUT2D eigenvalue weighted by Crippen LogP contribution is 2.11. The van der Waals surface area contributed by atoms with Crippen LogP contribution < -0.4 is 5.32 Å². The van der Waals surface area contributed by atoms with Crippen molar-refractivity contribution in [2.75, 3.05) is 44.6 Å². The summed E-state index contributed by atoms with van der Waals surface area (Å²) in [6, 6.07) is 8.84. The Bertz CT molecular complexity index is 614. The highest BCUT2D eigenvalue weighted by atomic mass is 16.2. The van der Waals surface area contributed by atoms with E-state index in [-0.39, 0.29) is 30.9 Å². The first-order valence-electron chi connectivity index (χ1n) is 8.30. The normalized spacial score (nSPS) is 18.0. The summed E-state index contributed by atoms with van der Waals surface area (Å²) in [6.45, 7) is 2.51. The molecule has 0 atom stereocenters. The number of amides is 4. The van der Waals surface area contributed by atoms with E-state index in [1.54, 1.807) is 17.0 Å². The van der Waals surface area contributed by atoms with E-state index in [0.29, 0.717) is 18.8 Å². The van der Waals surface area contributed by atoms with Gasteiger partial charge in [-0.05, 0) is 25.0 Å². The number of hydrogen-bond acceptors (Lipinski definition) is 3. The van der Waals surface area contributed by atoms with Gasteiger partial charge in [0.15, 0.2) is 0 Å². The predicted molar refractivity (Wildman–Crippen MR) is 89.4 cm³/mol. The van der Waals surface area contributed by atoms with Gasteiger partial charge in [-0.15, -0.1) is 0 Å². The molecule has 0 radical (unpaired) electrons. The predicted octanol–water partition coefficient (Wildman–Crippen LogP) is 0.985. The van der Waals surface area contributed by atoms with Gasteiger partial charge in [0, 0.05) is 31.9 Å². The molecule has 0 aliphatic carbocycles. The standard InChI is InChI=1S/C17H22N4O3/c22-15(19-8-4-5-9-19)12-20-10-11-21(13-16(20)23)17(24)18-14-6-2-1-3-7-14/h1-3,6-7H,4-5,8-13H2,(H,18,24). The van der Waals surface area contributed by atoms with Gasteiger partial charge in [-0.25, -0.2) is 4.79 Å². The van der Waals surface area contributed by atoms with Crippen LogP contribution in [0.25, 0.3) is 0 Å². The van der Waals surface area contributed by atoms with Gasteiger partial charge < -0.3 is 20.0 Å². The summed E-state index contributed by atoms with van der Waals surface area (Å²) in [5, 5.41) is 2.77. The molecular weight excluding hydrogens is 308 g/mol. The Morgan fingerprint density at radius 3 is 2.33 bits per heavy atom. The quantitative estimate of drug-likeness (QED) is 0.898. The number of rotatable bonds is 3. The molecule has 24 heavy (non-hydrogen) atoms. The van der Waals surface area contributed by atoms with Crippen LogP contribution in [0, 0.1) is 0 Å². The number of urea groups is 1. The number of hydrogen-bond donors (Lipinski definition) is 1. The van der Waals surface area contributed by atoms with Crippen LogP contribution in [0.2, 0.25) is 0 Å². The lowest BCUT2D eigenvalue weighted by Gasteiger charge is -2.34. The van der Waals surface area contributed by atoms with Gasteiger partial charge in [-0.3, -0.25) is 9.59 Å². The third kappa shape index (κ3) is 3.84. The van der Waals surface area contributed by atoms with E-state index in [4.69, 9.17) is 0 Å². The van der Waals surface area contributed by atoms with Crippen LogP contribution in [-0.4, -0.2) is 71.8 Å². The lowest BCUT2D eigenvalue weighted by molar-refractivity contribution is -0.142. The third-order valence-electron chi connectivity index (χ3n) is 4.42. The average Bonchev–Trinajstić information content (AvgIpc) is 3.12. The van der Waals surface area contributed by atoms with Gasteiger partial charge in [0.05, 0.1) is 6.54 Å². The molecule has 2 aliphatic heterocycles. The lowest BCUT2D eigenvalue weighted by atomic mass is 10.3. The third-order valence-corrected chi connectivity index (χ3v) is 4.42. The van der Waals surface area contributed by atoms with Gasteiger partial charge in [-0.1, -0.05) is 18.2 Å². The number of nitrogens with one attached hydrogen (secondary N) is 1. The zero-order valence-electron chi connectivity index (χ0n) is 13.6. The maximum absolute atomic E-state index is 12.2. The van der Waals surface area contributed by atoms with Crippen molar-refractivity contribution in [1.29, 1.82) is 0 Å². The zero-order chi connectivity index (χ0) is 16.9. The Labute approximate surface area is 141 Å². The van der Waals surface area contributed by atoms with E-state index in [0.717, 1.165) is 25.9 Å². The first kappa shape index (κ1) is 16.3. The summed E-state index contributed by atoms with van der Waals surface area (Å²) in [6.07, 6.45) is 2.07. The maximum atomic E-state index is 12.2. The van der Waals surface area contributed by atoms with E-state index in [9.17, 15) is 14.4 Å². The number of carbonyl (C=O) groups excluding carboxylic acids is 3. The minimum absolute atomic E-state index is 0.00281. The molecule has 1 aromatic rings. The van der Waals surface area contributed by atoms with Gasteiger partial charge in [-0.2, -0.15) is 0 Å². The van der Waals surface area contributed by atoms with Gasteiger partial charge in [0.1, 0.15) is 6.54 Å². The Morgan fingerprint density at radius 1 is 0.958 bits per heavy atom. The van der Waals surface area contributed by atoms with Crippen molar-refractivity contribution < 1.29 is 14.4 Å². The molecule has 0 unspecified atom stereocenters. The molecule has 2 fully saturated rings. The second kappa shape index (κ2) is 7.33. The molecule has 1 N–H and O–H groups in total. The van der Waals surface area contributed by atoms with Crippen LogP contribution in [0.4, 0.5) is 10.5 Å². The first-order chi connectivity index (χ1) is 11.6. The summed E-state index contributed by atoms with van der Waals surface area (Å²) in [4.78, 5) is 41.5. The monoisotopic (exact) mass is 330 g/mol. The fourth-order valence-corrected chi connectivity index (χ4v) is 3.00. The molecule has 0 aromatic heterocycles. The molecule has 128 valence electrons. The summed E-state index contributed by atoms with van der Waals surface area (Å²) >= 11 is 0. The van der Waals surface area contributed by atoms with Crippen molar-refractivity contribution in [3.8, 4) is 0 Å². The summed E-state index contributed by atoms with van der Waals surface area (Å²) in [5.41, 5.74) is 0.696. The maximum Gasteiger partial charge on any atom is 0.322 e. The molecule has 7 nitrogen and oxygen atoms in total. The van der Waals surface area contributed by atoms with Crippen molar-refractivity contribution in [3.63, 3.8) is 0 Å². The summed E-state index contributed by atoms with van der Waals surface area (Å²) in [5.74, 6) is -0.181. The molecule has 1 aromatic carbocycles. The topological polar surface area (TPSA) is 73.0 Å². The Hall–Kier alpha value is -2.57. The number of likely N-dealkylation sites (tertiary alicyclic amines) is 1. The van der Waals surface area contributed by atoms with E-state index in [2.05, 4.69) is 5.32 Å². The van der Waals surface area contributed by atoms with Crippen LogP contribution >= 0.6 is 0 Å². The van der Waals surface area contributed by atoms with Crippen molar-refractivity contribution >= 4 is 23.5 Å². The molecular formula is C17H22N4O3. The number of piperazine rings is 1. The van der Waals surface area contributed by atoms with Crippen LogP contribution in [0.15, 0.2) is 30.3 Å². The van der Waals surface area contributed by atoms with E-state index in [1.165, 1.54) is 4.90 Å². The van der Waals surface area contributed by atoms with Crippen molar-refractivity contribution in [2.24, 2.45) is 0 Å². The van der Waals surface area contributed by atoms with Gasteiger partial charge in [0.25, 0.3) is 0 Å². The van der Waals surface area contributed by atoms with E-state index in [1.807, 2.05) is 23.1 Å². The number of carbonyl (C=O) groups is 3. The second-order valence-corrected chi connectivity index (χ2v) is 6.12. The average molecular weight is 330 g/mol. The smallest absolute Gasteiger partial charge is 0.322 e. The molecule has 0 spiro atoms. The van der Waals surface area contributed by atoms with Gasteiger partial charge >= 0.3 is 6.03 Å². The molecule has 2 aliphatic rings. The van der Waals surface area contributed by atoms with Crippen molar-refractivity contribution in [1.82, 2.24) is 14.7 Å². The number of nitrogens with zero attached hydrogens (tertiary/aromatic N) is 3. The van der Waals surface area contributed by atoms with Crippen molar-refractivity contribution in [2.45, 2.75) is 12.8 Å². The van der Waals surface area contributed by atoms with Crippen LogP contribution in [0.5, 0.6) is 0 Å². The second-order valence-electron chi connectivity index (χ2n) is 6.12. The van der Waals surface area contributed by atoms with Crippen LogP contribution in [0.1, 0.15) is 12.8 Å². The fraction of sp³-hybridized carbons (Fsp3) is 0.471. The molecule has 0 saturated carbocycles. The molecule has 2 saturated heterocycles. The Morgan fingerprint density at radius 2 is 1.67 bits per heavy atom. The highest BCUT2D eigenvalue weighted by Gasteiger charge is 2.30. The fourth-order valence-electron chi connectivity index (χ4n) is 3.00. The lowest BCUT2D eigenvalue weighted by Crippen LogP contribution is -2.55. The minimum Gasteiger partial charge on any atom is -0.341 e. The summed E-state index contributed by atoms with van der Waals surface area (Å²) in [7, 11) is 0. The number of anilines is 1. The molecule has 0 bridgehead atoms. The zero-order valence-corrected chi connectivity index (χ0v) is 13.6. The van der Waals surface area contributed by atoms with Crippen molar-refractivity contribution in [3.05, 3.63) is 30.3 Å². The minimum atomic E-state index is -0.292. The number of benzene rings is 1.